The van der Waals surface area contributed by atoms with Crippen LogP contribution in [0, 0.1) is 35.5 Å². The molecule has 0 fully saturated rings. The van der Waals surface area contributed by atoms with Crippen LogP contribution in [-0.2, 0) is 13.1 Å². The van der Waals surface area contributed by atoms with Crippen molar-refractivity contribution in [3.63, 3.8) is 0 Å². The van der Waals surface area contributed by atoms with E-state index in [9.17, 15) is 14.9 Å². The van der Waals surface area contributed by atoms with E-state index < -0.39 is 0 Å². The molecular weight excluding hydrogens is 459 g/mol. The van der Waals surface area contributed by atoms with Crippen LogP contribution in [0.2, 0.25) is 0 Å². The zero-order chi connectivity index (χ0) is 25.8. The number of nitriles is 2. The van der Waals surface area contributed by atoms with Crippen molar-refractivity contribution in [1.29, 1.82) is 10.5 Å². The first kappa shape index (κ1) is 24.7. The quantitative estimate of drug-likeness (QED) is 0.384. The Morgan fingerprint density at radius 1 is 1.19 bits per heavy atom. The molecule has 0 saturated heterocycles. The van der Waals surface area contributed by atoms with Crippen molar-refractivity contribution >= 4 is 5.52 Å². The molecule has 4 aromatic rings. The molecule has 0 N–H and O–H groups in total. The molecule has 36 heavy (non-hydrogen) atoms. The molecule has 0 amide bonds. The first-order valence-corrected chi connectivity index (χ1v) is 11.9. The van der Waals surface area contributed by atoms with Gasteiger partial charge in [-0.05, 0) is 25.1 Å². The minimum Gasteiger partial charge on any atom is -0.491 e. The summed E-state index contributed by atoms with van der Waals surface area (Å²) in [5.41, 5.74) is 5.25. The van der Waals surface area contributed by atoms with E-state index in [4.69, 9.17) is 9.84 Å². The van der Waals surface area contributed by atoms with Crippen LogP contribution in [0.1, 0.15) is 49.2 Å². The molecule has 0 aliphatic carbocycles. The lowest BCUT2D eigenvalue weighted by molar-refractivity contribution is 0.295. The third kappa shape index (κ3) is 4.58. The van der Waals surface area contributed by atoms with Gasteiger partial charge in [0, 0.05) is 35.5 Å². The summed E-state index contributed by atoms with van der Waals surface area (Å²) in [5.74, 6) is 0.0149. The van der Waals surface area contributed by atoms with Crippen LogP contribution in [0.5, 0.6) is 5.75 Å². The summed E-state index contributed by atoms with van der Waals surface area (Å²) in [6, 6.07) is 7.04. The maximum absolute atomic E-state index is 13.2. The highest BCUT2D eigenvalue weighted by molar-refractivity contribution is 5.75. The molecule has 0 aromatic carbocycles. The summed E-state index contributed by atoms with van der Waals surface area (Å²) >= 11 is 0. The van der Waals surface area contributed by atoms with Crippen LogP contribution in [0.3, 0.4) is 0 Å². The second-order valence-corrected chi connectivity index (χ2v) is 8.33. The van der Waals surface area contributed by atoms with Crippen LogP contribution in [0.4, 0.5) is 4.39 Å². The molecule has 1 atom stereocenters. The van der Waals surface area contributed by atoms with E-state index in [-0.39, 0.29) is 18.3 Å². The van der Waals surface area contributed by atoms with E-state index in [1.165, 1.54) is 18.5 Å². The highest BCUT2D eigenvalue weighted by Crippen LogP contribution is 2.33. The van der Waals surface area contributed by atoms with Gasteiger partial charge in [-0.25, -0.2) is 8.91 Å². The largest absolute Gasteiger partial charge is 0.491 e. The Bertz CT molecular complexity index is 1460. The summed E-state index contributed by atoms with van der Waals surface area (Å²) in [4.78, 5) is 5.85. The molecule has 1 aliphatic rings. The van der Waals surface area contributed by atoms with Crippen molar-refractivity contribution in [2.75, 3.05) is 13.2 Å². The van der Waals surface area contributed by atoms with Gasteiger partial charge in [-0.15, -0.1) is 0 Å². The predicted octanol–water partition coefficient (Wildman–Crippen LogP) is 4.42. The van der Waals surface area contributed by atoms with Gasteiger partial charge in [0.2, 0.25) is 0 Å². The van der Waals surface area contributed by atoms with E-state index in [0.29, 0.717) is 42.2 Å². The average Bonchev–Trinajstić information content (AvgIpc) is 3.49. The van der Waals surface area contributed by atoms with Crippen molar-refractivity contribution in [3.05, 3.63) is 65.1 Å². The van der Waals surface area contributed by atoms with E-state index in [2.05, 4.69) is 22.3 Å². The number of aromatic nitrogens is 5. The maximum Gasteiger partial charge on any atom is 0.179 e. The number of pyridine rings is 2. The van der Waals surface area contributed by atoms with Gasteiger partial charge >= 0.3 is 0 Å². The Morgan fingerprint density at radius 2 is 2.00 bits per heavy atom. The molecule has 4 aromatic heterocycles. The molecule has 1 unspecified atom stereocenters. The zero-order valence-corrected chi connectivity index (χ0v) is 20.7. The number of hydrogen-bond acceptors (Lipinski definition) is 7. The van der Waals surface area contributed by atoms with E-state index in [1.54, 1.807) is 15.5 Å². The number of halogens is 1. The molecular formula is C26H27FN8O. The van der Waals surface area contributed by atoms with Crippen molar-refractivity contribution in [2.24, 2.45) is 0 Å². The summed E-state index contributed by atoms with van der Waals surface area (Å²) in [7, 11) is 0. The van der Waals surface area contributed by atoms with Gasteiger partial charge in [0.1, 0.15) is 28.7 Å². The first-order valence-electron chi connectivity index (χ1n) is 11.9. The predicted molar refractivity (Wildman–Crippen MR) is 131 cm³/mol. The van der Waals surface area contributed by atoms with Gasteiger partial charge < -0.3 is 9.64 Å². The van der Waals surface area contributed by atoms with Gasteiger partial charge in [0.25, 0.3) is 0 Å². The Labute approximate surface area is 209 Å². The second-order valence-electron chi connectivity index (χ2n) is 8.33. The van der Waals surface area contributed by atoms with Gasteiger partial charge in [0.15, 0.2) is 6.19 Å². The number of fused-ring (bicyclic) bond motifs is 2. The Kier molecular flexibility index (Phi) is 7.16. The molecule has 0 spiro atoms. The second kappa shape index (κ2) is 10.4. The van der Waals surface area contributed by atoms with Crippen LogP contribution in [0.25, 0.3) is 16.8 Å². The van der Waals surface area contributed by atoms with Crippen molar-refractivity contribution in [1.82, 2.24) is 29.3 Å². The smallest absolute Gasteiger partial charge is 0.179 e. The zero-order valence-electron chi connectivity index (χ0n) is 20.7. The Morgan fingerprint density at radius 3 is 2.69 bits per heavy atom. The van der Waals surface area contributed by atoms with Gasteiger partial charge in [-0.1, -0.05) is 20.8 Å². The molecule has 9 nitrogen and oxygen atoms in total. The molecule has 10 heteroatoms. The lowest BCUT2D eigenvalue weighted by Crippen LogP contribution is -2.30. The van der Waals surface area contributed by atoms with E-state index >= 15 is 0 Å². The van der Waals surface area contributed by atoms with Gasteiger partial charge in [0.05, 0.1) is 43.5 Å². The van der Waals surface area contributed by atoms with Crippen LogP contribution < -0.4 is 4.74 Å². The molecule has 0 bridgehead atoms. The summed E-state index contributed by atoms with van der Waals surface area (Å²) in [6.07, 6.45) is 6.73. The lowest BCUT2D eigenvalue weighted by atomic mass is 10.1. The van der Waals surface area contributed by atoms with Crippen molar-refractivity contribution in [3.8, 4) is 29.3 Å². The molecule has 0 saturated carbocycles. The number of hydrogen-bond donors (Lipinski definition) is 0. The third-order valence-electron chi connectivity index (χ3n) is 6.10. The SMILES string of the molecule is CC.Cc1c(-c2cc(OCC(C)c3ccc(F)cn3)c3c(C#N)cnn3c2)nn2c1CN(C#N)CC2. The topological polar surface area (TPSA) is 108 Å². The van der Waals surface area contributed by atoms with Gasteiger partial charge in [-0.3, -0.25) is 9.67 Å². The third-order valence-corrected chi connectivity index (χ3v) is 6.10. The Balaban J connectivity index is 0.00000148. The fourth-order valence-corrected chi connectivity index (χ4v) is 4.19. The lowest BCUT2D eigenvalue weighted by Gasteiger charge is -2.22. The fraction of sp³-hybridized carbons (Fsp3) is 0.346. The summed E-state index contributed by atoms with van der Waals surface area (Å²) in [6.45, 7) is 9.99. The normalized spacial score (nSPS) is 13.2. The van der Waals surface area contributed by atoms with Crippen molar-refractivity contribution < 1.29 is 9.13 Å². The average molecular weight is 487 g/mol. The highest BCUT2D eigenvalue weighted by atomic mass is 19.1. The van der Waals surface area contributed by atoms with Crippen LogP contribution in [0.15, 0.2) is 36.8 Å². The van der Waals surface area contributed by atoms with E-state index in [1.807, 2.05) is 44.6 Å². The number of ether oxygens (including phenoxy) is 1. The minimum atomic E-state index is -0.389. The summed E-state index contributed by atoms with van der Waals surface area (Å²) in [5, 5.41) is 28.0. The van der Waals surface area contributed by atoms with Crippen molar-refractivity contribution in [2.45, 2.75) is 46.7 Å². The fourth-order valence-electron chi connectivity index (χ4n) is 4.19. The van der Waals surface area contributed by atoms with Crippen LogP contribution >= 0.6 is 0 Å². The van der Waals surface area contributed by atoms with Gasteiger partial charge in [-0.2, -0.15) is 20.7 Å². The van der Waals surface area contributed by atoms with Crippen LogP contribution in [-0.4, -0.2) is 42.4 Å². The molecule has 184 valence electrons. The van der Waals surface area contributed by atoms with E-state index in [0.717, 1.165) is 22.5 Å². The minimum absolute atomic E-state index is 0.101. The molecule has 0 radical (unpaired) electrons. The molecule has 5 heterocycles. The number of rotatable bonds is 5. The molecule has 1 aliphatic heterocycles. The standard InChI is InChI=1S/C24H21FN8O.C2H6/c1-15(20-4-3-19(25)10-28-20)13-34-22-7-17(11-33-24(22)18(8-26)9-29-33)23-16(2)21-12-31(14-27)5-6-32(21)30-23;1-2/h3-4,7,9-11,15H,5-6,12-13H2,1-2H3;1-2H3. The maximum atomic E-state index is 13.2. The highest BCUT2D eigenvalue weighted by Gasteiger charge is 2.24. The number of nitrogens with zero attached hydrogens (tertiary/aromatic N) is 8. The first-order chi connectivity index (χ1) is 17.5. The Hall–Kier alpha value is -4.44. The monoisotopic (exact) mass is 486 g/mol. The molecule has 5 rings (SSSR count). The summed E-state index contributed by atoms with van der Waals surface area (Å²) < 4.78 is 23.0.